The largest absolute Gasteiger partial charge is 0.246 e. The second-order valence-electron chi connectivity index (χ2n) is 4.49. The minimum absolute atomic E-state index is 0.0371. The lowest BCUT2D eigenvalue weighted by Crippen LogP contribution is -2.39. The van der Waals surface area contributed by atoms with E-state index in [4.69, 9.17) is 11.6 Å². The zero-order valence-corrected chi connectivity index (χ0v) is 12.1. The molecule has 5 nitrogen and oxygen atoms in total. The molecule has 19 heavy (non-hydrogen) atoms. The lowest BCUT2D eigenvalue weighted by molar-refractivity contribution is 0.347. The molecule has 1 fully saturated rings. The standard InChI is InChI=1S/C12H16ClN3O2S/c1-2-7-16(10-5-3-4-6-10)19(17,18)11-8-14-12(13)15-9-11/h2,8-10H,1,3-7H2. The molecule has 1 aromatic heterocycles. The second-order valence-corrected chi connectivity index (χ2v) is 6.72. The van der Waals surface area contributed by atoms with Gasteiger partial charge in [-0.1, -0.05) is 18.9 Å². The van der Waals surface area contributed by atoms with Crippen LogP contribution in [-0.2, 0) is 10.0 Å². The Hall–Kier alpha value is -0.980. The van der Waals surface area contributed by atoms with E-state index in [2.05, 4.69) is 16.5 Å². The Morgan fingerprint density at radius 1 is 1.37 bits per heavy atom. The van der Waals surface area contributed by atoms with Gasteiger partial charge in [0.2, 0.25) is 15.3 Å². The number of hydrogen-bond donors (Lipinski definition) is 0. The predicted molar refractivity (Wildman–Crippen MR) is 73.4 cm³/mol. The average Bonchev–Trinajstić information content (AvgIpc) is 2.89. The molecule has 0 bridgehead atoms. The summed E-state index contributed by atoms with van der Waals surface area (Å²) in [5, 5.41) is 0.0371. The number of nitrogens with zero attached hydrogens (tertiary/aromatic N) is 3. The Balaban J connectivity index is 2.33. The maximum absolute atomic E-state index is 12.6. The predicted octanol–water partition coefficient (Wildman–Crippen LogP) is 2.25. The molecular weight excluding hydrogens is 286 g/mol. The first-order valence-corrected chi connectivity index (χ1v) is 7.98. The molecule has 0 aromatic carbocycles. The molecule has 0 aliphatic heterocycles. The summed E-state index contributed by atoms with van der Waals surface area (Å²) in [7, 11) is -3.58. The van der Waals surface area contributed by atoms with Crippen molar-refractivity contribution in [2.45, 2.75) is 36.6 Å². The number of sulfonamides is 1. The van der Waals surface area contributed by atoms with E-state index in [1.54, 1.807) is 6.08 Å². The van der Waals surface area contributed by atoms with E-state index in [0.717, 1.165) is 25.7 Å². The van der Waals surface area contributed by atoms with Crippen LogP contribution in [0.25, 0.3) is 0 Å². The fourth-order valence-corrected chi connectivity index (χ4v) is 3.98. The van der Waals surface area contributed by atoms with Crippen molar-refractivity contribution in [2.24, 2.45) is 0 Å². The Labute approximate surface area is 118 Å². The van der Waals surface area contributed by atoms with Gasteiger partial charge >= 0.3 is 0 Å². The number of aromatic nitrogens is 2. The van der Waals surface area contributed by atoms with E-state index < -0.39 is 10.0 Å². The summed E-state index contributed by atoms with van der Waals surface area (Å²) >= 11 is 5.58. The third-order valence-electron chi connectivity index (χ3n) is 3.24. The number of rotatable bonds is 5. The van der Waals surface area contributed by atoms with Gasteiger partial charge in [-0.05, 0) is 24.4 Å². The van der Waals surface area contributed by atoms with E-state index in [1.807, 2.05) is 0 Å². The average molecular weight is 302 g/mol. The summed E-state index contributed by atoms with van der Waals surface area (Å²) in [6, 6.07) is 0.0404. The van der Waals surface area contributed by atoms with Crippen molar-refractivity contribution in [3.63, 3.8) is 0 Å². The van der Waals surface area contributed by atoms with Crippen LogP contribution in [0.2, 0.25) is 5.28 Å². The molecule has 1 heterocycles. The van der Waals surface area contributed by atoms with Crippen LogP contribution in [0, 0.1) is 0 Å². The summed E-state index contributed by atoms with van der Waals surface area (Å²) in [5.41, 5.74) is 0. The first-order chi connectivity index (χ1) is 9.05. The van der Waals surface area contributed by atoms with E-state index >= 15 is 0 Å². The quantitative estimate of drug-likeness (QED) is 0.618. The van der Waals surface area contributed by atoms with Crippen LogP contribution >= 0.6 is 11.6 Å². The molecule has 2 rings (SSSR count). The molecule has 104 valence electrons. The van der Waals surface area contributed by atoms with Crippen molar-refractivity contribution in [3.05, 3.63) is 30.3 Å². The molecule has 1 saturated carbocycles. The van der Waals surface area contributed by atoms with Crippen LogP contribution in [0.3, 0.4) is 0 Å². The van der Waals surface area contributed by atoms with Crippen LogP contribution in [0.1, 0.15) is 25.7 Å². The Morgan fingerprint density at radius 3 is 2.47 bits per heavy atom. The summed E-state index contributed by atoms with van der Waals surface area (Å²) in [6.45, 7) is 3.94. The highest BCUT2D eigenvalue weighted by atomic mass is 35.5. The molecule has 0 atom stereocenters. The monoisotopic (exact) mass is 301 g/mol. The van der Waals surface area contributed by atoms with E-state index in [1.165, 1.54) is 16.7 Å². The van der Waals surface area contributed by atoms with Gasteiger partial charge in [-0.25, -0.2) is 18.4 Å². The second kappa shape index (κ2) is 5.98. The van der Waals surface area contributed by atoms with Gasteiger partial charge in [-0.15, -0.1) is 6.58 Å². The third kappa shape index (κ3) is 3.13. The highest BCUT2D eigenvalue weighted by Gasteiger charge is 2.32. The van der Waals surface area contributed by atoms with Crippen LogP contribution in [-0.4, -0.2) is 35.3 Å². The molecule has 1 aromatic rings. The van der Waals surface area contributed by atoms with Crippen LogP contribution in [0.15, 0.2) is 29.9 Å². The van der Waals surface area contributed by atoms with Crippen molar-refractivity contribution in [3.8, 4) is 0 Å². The molecule has 0 unspecified atom stereocenters. The summed E-state index contributed by atoms with van der Waals surface area (Å²) < 4.78 is 26.6. The summed E-state index contributed by atoms with van der Waals surface area (Å²) in [6.07, 6.45) is 8.00. The topological polar surface area (TPSA) is 63.2 Å². The molecule has 0 spiro atoms. The molecular formula is C12H16ClN3O2S. The fraction of sp³-hybridized carbons (Fsp3) is 0.500. The zero-order chi connectivity index (χ0) is 13.9. The maximum atomic E-state index is 12.6. The van der Waals surface area contributed by atoms with Gasteiger partial charge in [-0.3, -0.25) is 0 Å². The molecule has 1 aliphatic carbocycles. The Bertz CT molecular complexity index is 539. The van der Waals surface area contributed by atoms with Crippen molar-refractivity contribution >= 4 is 21.6 Å². The van der Waals surface area contributed by atoms with Gasteiger partial charge in [0.1, 0.15) is 4.90 Å². The van der Waals surface area contributed by atoms with Crippen molar-refractivity contribution in [1.29, 1.82) is 0 Å². The lowest BCUT2D eigenvalue weighted by atomic mass is 10.2. The number of halogens is 1. The van der Waals surface area contributed by atoms with Gasteiger partial charge in [0, 0.05) is 12.6 Å². The van der Waals surface area contributed by atoms with E-state index in [9.17, 15) is 8.42 Å². The fourth-order valence-electron chi connectivity index (χ4n) is 2.33. The minimum atomic E-state index is -3.58. The lowest BCUT2D eigenvalue weighted by Gasteiger charge is -2.26. The van der Waals surface area contributed by atoms with Crippen molar-refractivity contribution in [1.82, 2.24) is 14.3 Å². The smallest absolute Gasteiger partial charge is 0.225 e. The molecule has 0 saturated heterocycles. The van der Waals surface area contributed by atoms with Gasteiger partial charge in [-0.2, -0.15) is 4.31 Å². The Morgan fingerprint density at radius 2 is 1.95 bits per heavy atom. The molecule has 0 radical (unpaired) electrons. The zero-order valence-electron chi connectivity index (χ0n) is 10.5. The molecule has 0 N–H and O–H groups in total. The number of hydrogen-bond acceptors (Lipinski definition) is 4. The normalized spacial score (nSPS) is 16.9. The van der Waals surface area contributed by atoms with Crippen LogP contribution < -0.4 is 0 Å². The first-order valence-electron chi connectivity index (χ1n) is 6.16. The SMILES string of the molecule is C=CCN(C1CCCC1)S(=O)(=O)c1cnc(Cl)nc1. The summed E-state index contributed by atoms with van der Waals surface area (Å²) in [4.78, 5) is 7.55. The van der Waals surface area contributed by atoms with Gasteiger partial charge in [0.15, 0.2) is 0 Å². The van der Waals surface area contributed by atoms with E-state index in [-0.39, 0.29) is 16.2 Å². The van der Waals surface area contributed by atoms with Crippen molar-refractivity contribution < 1.29 is 8.42 Å². The molecule has 7 heteroatoms. The minimum Gasteiger partial charge on any atom is -0.225 e. The van der Waals surface area contributed by atoms with Crippen LogP contribution in [0.5, 0.6) is 0 Å². The van der Waals surface area contributed by atoms with Gasteiger partial charge < -0.3 is 0 Å². The first kappa shape index (κ1) is 14.4. The molecule has 0 amide bonds. The van der Waals surface area contributed by atoms with E-state index in [0.29, 0.717) is 6.54 Å². The highest BCUT2D eigenvalue weighted by molar-refractivity contribution is 7.89. The van der Waals surface area contributed by atoms with Gasteiger partial charge in [0.25, 0.3) is 0 Å². The van der Waals surface area contributed by atoms with Crippen LogP contribution in [0.4, 0.5) is 0 Å². The Kier molecular flexibility index (Phi) is 4.54. The van der Waals surface area contributed by atoms with Gasteiger partial charge in [0.05, 0.1) is 12.4 Å². The third-order valence-corrected chi connectivity index (χ3v) is 5.31. The summed E-state index contributed by atoms with van der Waals surface area (Å²) in [5.74, 6) is 0. The molecule has 1 aliphatic rings. The highest BCUT2D eigenvalue weighted by Crippen LogP contribution is 2.28. The van der Waals surface area contributed by atoms with Crippen molar-refractivity contribution in [2.75, 3.05) is 6.54 Å². The maximum Gasteiger partial charge on any atom is 0.246 e.